The Labute approximate surface area is 221 Å². The number of anilines is 1. The quantitative estimate of drug-likeness (QED) is 0.241. The lowest BCUT2D eigenvalue weighted by molar-refractivity contribution is 0.439. The number of ether oxygens (including phenoxy) is 1. The highest BCUT2D eigenvalue weighted by Crippen LogP contribution is 2.43. The highest BCUT2D eigenvalue weighted by Gasteiger charge is 2.42. The molecular weight excluding hydrogens is 478 g/mol. The van der Waals surface area contributed by atoms with E-state index in [1.54, 1.807) is 6.20 Å². The molecule has 0 bridgehead atoms. The SMILES string of the molecule is Cc1ccc(Oc2ccc(N3C(=S)N[C@H](c4ccccn4)[C@H]3c3ccc(-c4ccccc4)o3)cc2)cc1. The fourth-order valence-electron chi connectivity index (χ4n) is 4.61. The van der Waals surface area contributed by atoms with E-state index in [0.717, 1.165) is 40.0 Å². The van der Waals surface area contributed by atoms with Crippen LogP contribution in [0, 0.1) is 6.92 Å². The topological polar surface area (TPSA) is 50.5 Å². The van der Waals surface area contributed by atoms with Crippen LogP contribution < -0.4 is 15.0 Å². The van der Waals surface area contributed by atoms with Crippen molar-refractivity contribution in [2.24, 2.45) is 0 Å². The van der Waals surface area contributed by atoms with E-state index in [0.29, 0.717) is 5.11 Å². The number of nitrogens with zero attached hydrogens (tertiary/aromatic N) is 2. The first-order valence-electron chi connectivity index (χ1n) is 12.2. The van der Waals surface area contributed by atoms with E-state index in [2.05, 4.69) is 22.1 Å². The highest BCUT2D eigenvalue weighted by atomic mass is 32.1. The van der Waals surface area contributed by atoms with Crippen LogP contribution in [0.5, 0.6) is 11.5 Å². The molecule has 2 atom stereocenters. The van der Waals surface area contributed by atoms with E-state index in [-0.39, 0.29) is 12.1 Å². The largest absolute Gasteiger partial charge is 0.459 e. The molecule has 0 unspecified atom stereocenters. The van der Waals surface area contributed by atoms with Crippen LogP contribution in [0.15, 0.2) is 120 Å². The van der Waals surface area contributed by atoms with Crippen molar-refractivity contribution in [3.05, 3.63) is 132 Å². The zero-order valence-corrected chi connectivity index (χ0v) is 21.1. The summed E-state index contributed by atoms with van der Waals surface area (Å²) in [5, 5.41) is 4.10. The number of nitrogens with one attached hydrogen (secondary N) is 1. The second-order valence-corrected chi connectivity index (χ2v) is 9.36. The number of pyridine rings is 1. The summed E-state index contributed by atoms with van der Waals surface area (Å²) in [5.74, 6) is 3.18. The number of thiocarbonyl (C=S) groups is 1. The van der Waals surface area contributed by atoms with Crippen molar-refractivity contribution >= 4 is 23.0 Å². The number of hydrogen-bond donors (Lipinski definition) is 1. The van der Waals surface area contributed by atoms with Crippen LogP contribution in [-0.2, 0) is 0 Å². The smallest absolute Gasteiger partial charge is 0.174 e. The third-order valence-corrected chi connectivity index (χ3v) is 6.76. The molecular formula is C31H25N3O2S. The van der Waals surface area contributed by atoms with Crippen LogP contribution in [0.2, 0.25) is 0 Å². The third kappa shape index (κ3) is 4.71. The molecule has 0 amide bonds. The lowest BCUT2D eigenvalue weighted by Crippen LogP contribution is -2.29. The minimum Gasteiger partial charge on any atom is -0.459 e. The minimum atomic E-state index is -0.219. The Morgan fingerprint density at radius 2 is 1.51 bits per heavy atom. The lowest BCUT2D eigenvalue weighted by atomic mass is 10.0. The maximum Gasteiger partial charge on any atom is 0.174 e. The molecule has 0 spiro atoms. The number of aryl methyl sites for hydroxylation is 1. The summed E-state index contributed by atoms with van der Waals surface area (Å²) >= 11 is 5.84. The highest BCUT2D eigenvalue weighted by molar-refractivity contribution is 7.80. The van der Waals surface area contributed by atoms with Crippen LogP contribution in [0.25, 0.3) is 11.3 Å². The van der Waals surface area contributed by atoms with Gasteiger partial charge in [0, 0.05) is 17.4 Å². The van der Waals surface area contributed by atoms with Gasteiger partial charge in [-0.15, -0.1) is 0 Å². The first-order valence-corrected chi connectivity index (χ1v) is 12.6. The molecule has 3 aromatic carbocycles. The van der Waals surface area contributed by atoms with Crippen molar-refractivity contribution in [2.75, 3.05) is 4.90 Å². The Kier molecular flexibility index (Phi) is 6.16. The first kappa shape index (κ1) is 23.0. The molecule has 1 aliphatic rings. The standard InChI is InChI=1S/C31H25N3O2S/c1-21-10-14-24(15-11-21)35-25-16-12-23(13-17-25)34-30(29(33-31(34)37)26-9-5-6-20-32-26)28-19-18-27(36-28)22-7-3-2-4-8-22/h2-20,29-30H,1H3,(H,33,37)/t29-,30-/m1/s1. The maximum absolute atomic E-state index is 6.42. The van der Waals surface area contributed by atoms with E-state index in [1.807, 2.05) is 109 Å². The van der Waals surface area contributed by atoms with Crippen molar-refractivity contribution in [3.8, 4) is 22.8 Å². The van der Waals surface area contributed by atoms with Gasteiger partial charge in [0.1, 0.15) is 29.1 Å². The Balaban J connectivity index is 1.34. The van der Waals surface area contributed by atoms with Crippen LogP contribution in [0.3, 0.4) is 0 Å². The predicted molar refractivity (Wildman–Crippen MR) is 150 cm³/mol. The van der Waals surface area contributed by atoms with Gasteiger partial charge in [-0.2, -0.15) is 0 Å². The van der Waals surface area contributed by atoms with Crippen LogP contribution in [0.1, 0.15) is 29.1 Å². The van der Waals surface area contributed by atoms with Crippen molar-refractivity contribution < 1.29 is 9.15 Å². The van der Waals surface area contributed by atoms with Crippen molar-refractivity contribution in [1.29, 1.82) is 0 Å². The normalized spacial score (nSPS) is 17.0. The monoisotopic (exact) mass is 503 g/mol. The minimum absolute atomic E-state index is 0.174. The van der Waals surface area contributed by atoms with Crippen LogP contribution in [0.4, 0.5) is 5.69 Å². The Hall–Kier alpha value is -4.42. The zero-order chi connectivity index (χ0) is 25.2. The first-order chi connectivity index (χ1) is 18.2. The lowest BCUT2D eigenvalue weighted by Gasteiger charge is -2.26. The van der Waals surface area contributed by atoms with Gasteiger partial charge in [-0.25, -0.2) is 0 Å². The third-order valence-electron chi connectivity index (χ3n) is 6.45. The molecule has 1 fully saturated rings. The van der Waals surface area contributed by atoms with Crippen molar-refractivity contribution in [2.45, 2.75) is 19.0 Å². The van der Waals surface area contributed by atoms with E-state index in [1.165, 1.54) is 5.56 Å². The van der Waals surface area contributed by atoms with Gasteiger partial charge in [0.15, 0.2) is 5.11 Å². The second kappa shape index (κ2) is 9.91. The van der Waals surface area contributed by atoms with Gasteiger partial charge in [0.2, 0.25) is 0 Å². The molecule has 2 aromatic heterocycles. The second-order valence-electron chi connectivity index (χ2n) is 8.97. The number of aromatic nitrogens is 1. The van der Waals surface area contributed by atoms with Gasteiger partial charge in [0.05, 0.1) is 11.7 Å². The molecule has 5 aromatic rings. The number of rotatable bonds is 6. The maximum atomic E-state index is 6.42. The summed E-state index contributed by atoms with van der Waals surface area (Å²) in [6.45, 7) is 2.06. The summed E-state index contributed by atoms with van der Waals surface area (Å²) in [4.78, 5) is 6.72. The molecule has 3 heterocycles. The number of hydrogen-bond acceptors (Lipinski definition) is 4. The molecule has 6 rings (SSSR count). The van der Waals surface area contributed by atoms with Gasteiger partial charge < -0.3 is 19.4 Å². The summed E-state index contributed by atoms with van der Waals surface area (Å²) in [5.41, 5.74) is 4.06. The average Bonchev–Trinajstić information content (AvgIpc) is 3.56. The van der Waals surface area contributed by atoms with Crippen LogP contribution >= 0.6 is 12.2 Å². The Morgan fingerprint density at radius 1 is 0.811 bits per heavy atom. The fourth-order valence-corrected chi connectivity index (χ4v) is 4.95. The molecule has 0 aliphatic carbocycles. The zero-order valence-electron chi connectivity index (χ0n) is 20.2. The van der Waals surface area contributed by atoms with E-state index < -0.39 is 0 Å². The average molecular weight is 504 g/mol. The molecule has 37 heavy (non-hydrogen) atoms. The van der Waals surface area contributed by atoms with Gasteiger partial charge in [0.25, 0.3) is 0 Å². The van der Waals surface area contributed by atoms with Gasteiger partial charge in [-0.1, -0.05) is 54.1 Å². The number of benzene rings is 3. The van der Waals surface area contributed by atoms with Crippen LogP contribution in [-0.4, -0.2) is 10.1 Å². The molecule has 5 nitrogen and oxygen atoms in total. The summed E-state index contributed by atoms with van der Waals surface area (Å²) in [6.07, 6.45) is 1.80. The molecule has 1 N–H and O–H groups in total. The molecule has 0 saturated carbocycles. The van der Waals surface area contributed by atoms with Crippen molar-refractivity contribution in [1.82, 2.24) is 10.3 Å². The Bertz CT molecular complexity index is 1500. The molecule has 6 heteroatoms. The molecule has 182 valence electrons. The van der Waals surface area contributed by atoms with Gasteiger partial charge in [-0.3, -0.25) is 4.98 Å². The van der Waals surface area contributed by atoms with Crippen molar-refractivity contribution in [3.63, 3.8) is 0 Å². The number of furan rings is 1. The molecule has 1 saturated heterocycles. The van der Waals surface area contributed by atoms with Gasteiger partial charge in [-0.05, 0) is 79.8 Å². The molecule has 0 radical (unpaired) electrons. The van der Waals surface area contributed by atoms with E-state index in [4.69, 9.17) is 21.4 Å². The summed E-state index contributed by atoms with van der Waals surface area (Å²) in [7, 11) is 0. The predicted octanol–water partition coefficient (Wildman–Crippen LogP) is 7.62. The Morgan fingerprint density at radius 3 is 2.22 bits per heavy atom. The summed E-state index contributed by atoms with van der Waals surface area (Å²) in [6, 6.07) is 35.6. The van der Waals surface area contributed by atoms with E-state index in [9.17, 15) is 0 Å². The van der Waals surface area contributed by atoms with E-state index >= 15 is 0 Å². The summed E-state index contributed by atoms with van der Waals surface area (Å²) < 4.78 is 12.5. The molecule has 1 aliphatic heterocycles. The fraction of sp³-hybridized carbons (Fsp3) is 0.0968. The van der Waals surface area contributed by atoms with Gasteiger partial charge >= 0.3 is 0 Å².